The van der Waals surface area contributed by atoms with E-state index >= 15 is 0 Å². The fourth-order valence-corrected chi connectivity index (χ4v) is 2.04. The number of aromatic nitrogens is 2. The van der Waals surface area contributed by atoms with Gasteiger partial charge < -0.3 is 10.1 Å². The van der Waals surface area contributed by atoms with Crippen LogP contribution in [0.1, 0.15) is 22.6 Å². The molecule has 1 N–H and O–H groups in total. The quantitative estimate of drug-likeness (QED) is 0.824. The number of rotatable bonds is 5. The molecule has 0 aliphatic rings. The van der Waals surface area contributed by atoms with E-state index in [1.165, 1.54) is 36.1 Å². The molecule has 0 bridgehead atoms. The third kappa shape index (κ3) is 3.83. The molecule has 0 radical (unpaired) electrons. The van der Waals surface area contributed by atoms with Gasteiger partial charge in [-0.25, -0.2) is 9.07 Å². The molecule has 8 heteroatoms. The molecule has 0 aliphatic heterocycles. The molecule has 0 fully saturated rings. The number of carbonyl (C=O) groups excluding carboxylic acids is 2. The van der Waals surface area contributed by atoms with E-state index < -0.39 is 23.1 Å². The van der Waals surface area contributed by atoms with Crippen LogP contribution in [0.5, 0.6) is 0 Å². The molecule has 2 aromatic rings. The Labute approximate surface area is 137 Å². The van der Waals surface area contributed by atoms with Gasteiger partial charge >= 0.3 is 5.97 Å². The number of methoxy groups -OCH3 is 1. The number of para-hydroxylation sites is 1. The number of benzene rings is 1. The van der Waals surface area contributed by atoms with Crippen LogP contribution in [-0.4, -0.2) is 35.3 Å². The second-order valence-corrected chi connectivity index (χ2v) is 4.94. The molecule has 1 aromatic carbocycles. The van der Waals surface area contributed by atoms with Crippen LogP contribution in [0.2, 0.25) is 0 Å². The lowest BCUT2D eigenvalue weighted by Gasteiger charge is -2.12. The standard InChI is InChI=1S/C16H16FN3O4/c1-10-9-13(21)15(16(23)18-8-7-14(22)24-2)19-20(10)12-6-4-3-5-11(12)17/h3-6,9H,7-8H2,1-2H3,(H,18,23). The van der Waals surface area contributed by atoms with E-state index in [2.05, 4.69) is 15.2 Å². The van der Waals surface area contributed by atoms with Crippen molar-refractivity contribution in [3.8, 4) is 5.69 Å². The van der Waals surface area contributed by atoms with Gasteiger partial charge in [0.25, 0.3) is 5.91 Å². The minimum absolute atomic E-state index is 0.000200. The number of nitrogens with zero attached hydrogens (tertiary/aromatic N) is 2. The molecule has 0 saturated heterocycles. The molecule has 1 aromatic heterocycles. The summed E-state index contributed by atoms with van der Waals surface area (Å²) < 4.78 is 19.6. The van der Waals surface area contributed by atoms with Crippen molar-refractivity contribution in [1.29, 1.82) is 0 Å². The average molecular weight is 333 g/mol. The minimum atomic E-state index is -0.742. The Balaban J connectivity index is 2.30. The first-order chi connectivity index (χ1) is 11.4. The molecular formula is C16H16FN3O4. The lowest BCUT2D eigenvalue weighted by Crippen LogP contribution is -2.33. The summed E-state index contributed by atoms with van der Waals surface area (Å²) in [5.74, 6) is -1.77. The number of nitrogens with one attached hydrogen (secondary N) is 1. The summed E-state index contributed by atoms with van der Waals surface area (Å²) in [6.45, 7) is 1.58. The summed E-state index contributed by atoms with van der Waals surface area (Å²) in [7, 11) is 1.23. The summed E-state index contributed by atoms with van der Waals surface area (Å²) in [6.07, 6.45) is -0.0321. The predicted octanol–water partition coefficient (Wildman–Crippen LogP) is 0.973. The molecular weight excluding hydrogens is 317 g/mol. The first-order valence-corrected chi connectivity index (χ1v) is 7.15. The van der Waals surface area contributed by atoms with Crippen molar-refractivity contribution in [3.05, 3.63) is 57.8 Å². The Hall–Kier alpha value is -3.03. The van der Waals surface area contributed by atoms with Crippen LogP contribution < -0.4 is 10.7 Å². The van der Waals surface area contributed by atoms with Crippen LogP contribution in [0.15, 0.2) is 35.1 Å². The molecule has 7 nitrogen and oxygen atoms in total. The van der Waals surface area contributed by atoms with E-state index in [0.717, 1.165) is 0 Å². The maximum Gasteiger partial charge on any atom is 0.307 e. The van der Waals surface area contributed by atoms with Gasteiger partial charge in [0.2, 0.25) is 5.43 Å². The Bertz CT molecular complexity index is 832. The number of ether oxygens (including phenoxy) is 1. The largest absolute Gasteiger partial charge is 0.469 e. The number of hydrogen-bond acceptors (Lipinski definition) is 5. The molecule has 24 heavy (non-hydrogen) atoms. The van der Waals surface area contributed by atoms with Gasteiger partial charge in [-0.15, -0.1) is 0 Å². The summed E-state index contributed by atoms with van der Waals surface area (Å²) >= 11 is 0. The van der Waals surface area contributed by atoms with Crippen molar-refractivity contribution in [2.45, 2.75) is 13.3 Å². The van der Waals surface area contributed by atoms with Crippen LogP contribution in [0.4, 0.5) is 4.39 Å². The fraction of sp³-hybridized carbons (Fsp3) is 0.250. The molecule has 0 unspecified atom stereocenters. The van der Waals surface area contributed by atoms with Gasteiger partial charge in [-0.3, -0.25) is 14.4 Å². The smallest absolute Gasteiger partial charge is 0.307 e. The van der Waals surface area contributed by atoms with E-state index in [1.54, 1.807) is 13.0 Å². The zero-order valence-corrected chi connectivity index (χ0v) is 13.2. The van der Waals surface area contributed by atoms with Gasteiger partial charge in [0.1, 0.15) is 11.5 Å². The lowest BCUT2D eigenvalue weighted by atomic mass is 10.2. The van der Waals surface area contributed by atoms with Crippen LogP contribution in [0, 0.1) is 12.7 Å². The van der Waals surface area contributed by atoms with E-state index in [1.807, 2.05) is 0 Å². The fourth-order valence-electron chi connectivity index (χ4n) is 2.04. The van der Waals surface area contributed by atoms with E-state index in [-0.39, 0.29) is 24.3 Å². The van der Waals surface area contributed by atoms with Gasteiger partial charge in [-0.1, -0.05) is 12.1 Å². The van der Waals surface area contributed by atoms with Crippen LogP contribution >= 0.6 is 0 Å². The highest BCUT2D eigenvalue weighted by atomic mass is 19.1. The van der Waals surface area contributed by atoms with Gasteiger partial charge in [0.05, 0.1) is 13.5 Å². The monoisotopic (exact) mass is 333 g/mol. The van der Waals surface area contributed by atoms with Gasteiger partial charge in [-0.2, -0.15) is 5.10 Å². The molecule has 0 spiro atoms. The number of halogens is 1. The second kappa shape index (κ2) is 7.49. The third-order valence-electron chi connectivity index (χ3n) is 3.25. The summed E-state index contributed by atoms with van der Waals surface area (Å²) in [5.41, 5.74) is -0.459. The van der Waals surface area contributed by atoms with Crippen LogP contribution in [0.3, 0.4) is 0 Å². The predicted molar refractivity (Wildman–Crippen MR) is 83.5 cm³/mol. The maximum absolute atomic E-state index is 13.9. The SMILES string of the molecule is COC(=O)CCNC(=O)c1nn(-c2ccccc2F)c(C)cc1=O. The topological polar surface area (TPSA) is 90.3 Å². The highest BCUT2D eigenvalue weighted by molar-refractivity contribution is 5.92. The van der Waals surface area contributed by atoms with Crippen molar-refractivity contribution in [2.24, 2.45) is 0 Å². The van der Waals surface area contributed by atoms with Crippen LogP contribution in [0.25, 0.3) is 5.69 Å². The summed E-state index contributed by atoms with van der Waals surface area (Å²) in [4.78, 5) is 35.1. The number of aryl methyl sites for hydroxylation is 1. The van der Waals surface area contributed by atoms with Gasteiger partial charge in [0.15, 0.2) is 5.69 Å². The van der Waals surface area contributed by atoms with E-state index in [4.69, 9.17) is 0 Å². The van der Waals surface area contributed by atoms with Crippen molar-refractivity contribution < 1.29 is 18.7 Å². The third-order valence-corrected chi connectivity index (χ3v) is 3.25. The molecule has 0 aliphatic carbocycles. The molecule has 2 rings (SSSR count). The molecule has 0 atom stereocenters. The number of carbonyl (C=O) groups is 2. The average Bonchev–Trinajstić information content (AvgIpc) is 2.55. The first kappa shape index (κ1) is 17.3. The highest BCUT2D eigenvalue weighted by Gasteiger charge is 2.16. The maximum atomic E-state index is 13.9. The molecule has 126 valence electrons. The lowest BCUT2D eigenvalue weighted by molar-refractivity contribution is -0.140. The van der Waals surface area contributed by atoms with Crippen molar-refractivity contribution in [1.82, 2.24) is 15.1 Å². The zero-order valence-electron chi connectivity index (χ0n) is 13.2. The Morgan fingerprint density at radius 2 is 2.04 bits per heavy atom. The molecule has 1 amide bonds. The molecule has 0 saturated carbocycles. The summed E-state index contributed by atoms with van der Waals surface area (Å²) in [6, 6.07) is 7.09. The van der Waals surface area contributed by atoms with Gasteiger partial charge in [0, 0.05) is 18.3 Å². The minimum Gasteiger partial charge on any atom is -0.469 e. The normalized spacial score (nSPS) is 10.3. The Morgan fingerprint density at radius 3 is 2.71 bits per heavy atom. The number of hydrogen-bond donors (Lipinski definition) is 1. The Morgan fingerprint density at radius 1 is 1.33 bits per heavy atom. The molecule has 1 heterocycles. The van der Waals surface area contributed by atoms with E-state index in [9.17, 15) is 18.8 Å². The van der Waals surface area contributed by atoms with E-state index in [0.29, 0.717) is 5.69 Å². The van der Waals surface area contributed by atoms with Crippen molar-refractivity contribution in [2.75, 3.05) is 13.7 Å². The van der Waals surface area contributed by atoms with Crippen molar-refractivity contribution >= 4 is 11.9 Å². The number of amides is 1. The second-order valence-electron chi connectivity index (χ2n) is 4.94. The number of esters is 1. The zero-order chi connectivity index (χ0) is 17.7. The summed E-state index contributed by atoms with van der Waals surface area (Å²) in [5, 5.41) is 6.37. The highest BCUT2D eigenvalue weighted by Crippen LogP contribution is 2.12. The van der Waals surface area contributed by atoms with Gasteiger partial charge in [-0.05, 0) is 19.1 Å². The van der Waals surface area contributed by atoms with Crippen molar-refractivity contribution in [3.63, 3.8) is 0 Å². The Kier molecular flexibility index (Phi) is 5.41. The first-order valence-electron chi connectivity index (χ1n) is 7.15. The van der Waals surface area contributed by atoms with Crippen LogP contribution in [-0.2, 0) is 9.53 Å².